The maximum atomic E-state index is 12.1. The molecule has 118 valence electrons. The van der Waals surface area contributed by atoms with E-state index in [1.807, 2.05) is 6.92 Å². The average molecular weight is 315 g/mol. The lowest BCUT2D eigenvalue weighted by Gasteiger charge is -2.07. The van der Waals surface area contributed by atoms with Crippen LogP contribution >= 0.6 is 0 Å². The Morgan fingerprint density at radius 3 is 2.57 bits per heavy atom. The van der Waals surface area contributed by atoms with Gasteiger partial charge in [0.05, 0.1) is 17.3 Å². The number of nitrogens with zero attached hydrogens (tertiary/aromatic N) is 1. The number of nitrogens with one attached hydrogen (secondary N) is 1. The fourth-order valence-corrected chi connectivity index (χ4v) is 2.83. The van der Waals surface area contributed by atoms with E-state index in [0.29, 0.717) is 31.9 Å². The first-order chi connectivity index (χ1) is 10.0. The molecule has 0 heterocycles. The second-order valence-corrected chi connectivity index (χ2v) is 6.38. The molecular formula is C13H21N3O4S. The molecular weight excluding hydrogens is 294 g/mol. The lowest BCUT2D eigenvalue weighted by Crippen LogP contribution is -2.26. The highest BCUT2D eigenvalue weighted by Gasteiger charge is 2.14. The molecule has 0 bridgehead atoms. The van der Waals surface area contributed by atoms with Crippen molar-refractivity contribution >= 4 is 15.7 Å². The Balaban J connectivity index is 2.54. The van der Waals surface area contributed by atoms with Crippen LogP contribution in [0.3, 0.4) is 0 Å². The van der Waals surface area contributed by atoms with Crippen LogP contribution in [0.4, 0.5) is 0 Å². The predicted molar refractivity (Wildman–Crippen MR) is 80.4 cm³/mol. The summed E-state index contributed by atoms with van der Waals surface area (Å²) in [6.07, 6.45) is 0. The van der Waals surface area contributed by atoms with Gasteiger partial charge in [-0.3, -0.25) is 0 Å². The van der Waals surface area contributed by atoms with Gasteiger partial charge in [0, 0.05) is 25.3 Å². The first kappa shape index (κ1) is 17.4. The van der Waals surface area contributed by atoms with Crippen LogP contribution in [0.15, 0.2) is 34.3 Å². The molecule has 0 radical (unpaired) electrons. The summed E-state index contributed by atoms with van der Waals surface area (Å²) < 4.78 is 29.3. The Labute approximate surface area is 124 Å². The van der Waals surface area contributed by atoms with Crippen molar-refractivity contribution in [3.8, 4) is 0 Å². The zero-order chi connectivity index (χ0) is 15.7. The third-order valence-corrected chi connectivity index (χ3v) is 4.52. The molecule has 1 aromatic carbocycles. The summed E-state index contributed by atoms with van der Waals surface area (Å²) in [7, 11) is -3.35. The Morgan fingerprint density at radius 2 is 2.00 bits per heavy atom. The van der Waals surface area contributed by atoms with Crippen LogP contribution in [0, 0.1) is 0 Å². The first-order valence-electron chi connectivity index (χ1n) is 6.60. The van der Waals surface area contributed by atoms with Crippen molar-refractivity contribution in [3.63, 3.8) is 0 Å². The molecule has 1 aromatic rings. The lowest BCUT2D eigenvalue weighted by molar-refractivity contribution is 0.150. The van der Waals surface area contributed by atoms with Gasteiger partial charge in [-0.25, -0.2) is 8.42 Å². The van der Waals surface area contributed by atoms with Crippen molar-refractivity contribution < 1.29 is 18.4 Å². The Morgan fingerprint density at radius 1 is 1.33 bits per heavy atom. The van der Waals surface area contributed by atoms with Crippen molar-refractivity contribution in [3.05, 3.63) is 29.8 Å². The molecule has 0 aliphatic heterocycles. The van der Waals surface area contributed by atoms with E-state index in [9.17, 15) is 8.42 Å². The van der Waals surface area contributed by atoms with Crippen LogP contribution in [-0.4, -0.2) is 51.5 Å². The minimum absolute atomic E-state index is 0.00203. The molecule has 0 saturated heterocycles. The molecule has 1 rings (SSSR count). The molecule has 0 unspecified atom stereocenters. The summed E-state index contributed by atoms with van der Waals surface area (Å²) in [5.41, 5.74) is 5.88. The van der Waals surface area contributed by atoms with Crippen molar-refractivity contribution in [2.24, 2.45) is 10.9 Å². The van der Waals surface area contributed by atoms with E-state index in [-0.39, 0.29) is 16.5 Å². The summed E-state index contributed by atoms with van der Waals surface area (Å²) in [5, 5.41) is 14.4. The number of hydrogen-bond donors (Lipinski definition) is 3. The third-order valence-electron chi connectivity index (χ3n) is 2.79. The summed E-state index contributed by atoms with van der Waals surface area (Å²) in [6, 6.07) is 5.90. The number of nitrogens with two attached hydrogens (primary N) is 1. The SMILES string of the molecule is CCOCCNCCS(=O)(=O)c1ccc(/C(N)=N/O)cc1. The molecule has 8 heteroatoms. The van der Waals surface area contributed by atoms with Gasteiger partial charge in [0.1, 0.15) is 0 Å². The molecule has 7 nitrogen and oxygen atoms in total. The zero-order valence-corrected chi connectivity index (χ0v) is 12.8. The maximum Gasteiger partial charge on any atom is 0.179 e. The molecule has 0 saturated carbocycles. The van der Waals surface area contributed by atoms with E-state index in [0.717, 1.165) is 0 Å². The normalized spacial score (nSPS) is 12.5. The number of rotatable bonds is 9. The van der Waals surface area contributed by atoms with E-state index in [1.54, 1.807) is 0 Å². The van der Waals surface area contributed by atoms with Crippen molar-refractivity contribution in [2.75, 3.05) is 32.1 Å². The zero-order valence-electron chi connectivity index (χ0n) is 11.9. The molecule has 0 aliphatic rings. The predicted octanol–water partition coefficient (Wildman–Crippen LogP) is 0.181. The van der Waals surface area contributed by atoms with Crippen LogP contribution < -0.4 is 11.1 Å². The summed E-state index contributed by atoms with van der Waals surface area (Å²) in [6.45, 7) is 4.09. The van der Waals surface area contributed by atoms with E-state index in [1.165, 1.54) is 24.3 Å². The number of ether oxygens (including phenoxy) is 1. The van der Waals surface area contributed by atoms with E-state index in [2.05, 4.69) is 10.5 Å². The molecule has 0 amide bonds. The van der Waals surface area contributed by atoms with Crippen molar-refractivity contribution in [1.29, 1.82) is 0 Å². The second kappa shape index (κ2) is 8.60. The van der Waals surface area contributed by atoms with Gasteiger partial charge in [-0.15, -0.1) is 0 Å². The van der Waals surface area contributed by atoms with Gasteiger partial charge >= 0.3 is 0 Å². The molecule has 0 aliphatic carbocycles. The quantitative estimate of drug-likeness (QED) is 0.197. The van der Waals surface area contributed by atoms with E-state index < -0.39 is 9.84 Å². The highest BCUT2D eigenvalue weighted by molar-refractivity contribution is 7.91. The smallest absolute Gasteiger partial charge is 0.179 e. The van der Waals surface area contributed by atoms with Gasteiger partial charge in [0.2, 0.25) is 0 Å². The van der Waals surface area contributed by atoms with Crippen LogP contribution in [0.25, 0.3) is 0 Å². The molecule has 0 aromatic heterocycles. The Hall–Kier alpha value is -1.64. The molecule has 0 spiro atoms. The topological polar surface area (TPSA) is 114 Å². The number of sulfone groups is 1. The van der Waals surface area contributed by atoms with Crippen LogP contribution in [0.1, 0.15) is 12.5 Å². The van der Waals surface area contributed by atoms with Crippen LogP contribution in [0.5, 0.6) is 0 Å². The van der Waals surface area contributed by atoms with Crippen molar-refractivity contribution in [2.45, 2.75) is 11.8 Å². The third kappa shape index (κ3) is 5.70. The monoisotopic (exact) mass is 315 g/mol. The van der Waals surface area contributed by atoms with Gasteiger partial charge in [-0.05, 0) is 31.2 Å². The van der Waals surface area contributed by atoms with Gasteiger partial charge in [0.25, 0.3) is 0 Å². The number of oxime groups is 1. The summed E-state index contributed by atoms with van der Waals surface area (Å²) in [5.74, 6) is -0.0567. The number of benzene rings is 1. The van der Waals surface area contributed by atoms with Gasteiger partial charge in [0.15, 0.2) is 15.7 Å². The van der Waals surface area contributed by atoms with Crippen LogP contribution in [-0.2, 0) is 14.6 Å². The molecule has 0 atom stereocenters. The second-order valence-electron chi connectivity index (χ2n) is 4.28. The minimum atomic E-state index is -3.35. The Kier molecular flexibility index (Phi) is 7.13. The summed E-state index contributed by atoms with van der Waals surface area (Å²) in [4.78, 5) is 0.212. The average Bonchev–Trinajstić information content (AvgIpc) is 2.50. The lowest BCUT2D eigenvalue weighted by atomic mass is 10.2. The Bertz CT molecular complexity index is 555. The van der Waals surface area contributed by atoms with Gasteiger partial charge < -0.3 is 21.0 Å². The molecule has 4 N–H and O–H groups in total. The maximum absolute atomic E-state index is 12.1. The standard InChI is InChI=1S/C13H21N3O4S/c1-2-20-9-7-15-8-10-21(18,19)12-5-3-11(4-6-12)13(14)16-17/h3-6,15,17H,2,7-10H2,1H3,(H2,14,16). The van der Waals surface area contributed by atoms with E-state index >= 15 is 0 Å². The number of amidine groups is 1. The first-order valence-corrected chi connectivity index (χ1v) is 8.25. The van der Waals surface area contributed by atoms with Gasteiger partial charge in [-0.1, -0.05) is 5.16 Å². The molecule has 0 fully saturated rings. The highest BCUT2D eigenvalue weighted by Crippen LogP contribution is 2.12. The molecule has 21 heavy (non-hydrogen) atoms. The minimum Gasteiger partial charge on any atom is -0.409 e. The summed E-state index contributed by atoms with van der Waals surface area (Å²) >= 11 is 0. The number of hydrogen-bond acceptors (Lipinski definition) is 6. The highest BCUT2D eigenvalue weighted by atomic mass is 32.2. The fraction of sp³-hybridized carbons (Fsp3) is 0.462. The largest absolute Gasteiger partial charge is 0.409 e. The van der Waals surface area contributed by atoms with Crippen LogP contribution in [0.2, 0.25) is 0 Å². The van der Waals surface area contributed by atoms with Gasteiger partial charge in [-0.2, -0.15) is 0 Å². The fourth-order valence-electron chi connectivity index (χ4n) is 1.63. The van der Waals surface area contributed by atoms with E-state index in [4.69, 9.17) is 15.7 Å². The van der Waals surface area contributed by atoms with Crippen molar-refractivity contribution in [1.82, 2.24) is 5.32 Å².